The van der Waals surface area contributed by atoms with Crippen LogP contribution in [0.3, 0.4) is 0 Å². The molecule has 1 heterocycles. The van der Waals surface area contributed by atoms with Gasteiger partial charge in [-0.1, -0.05) is 18.0 Å². The van der Waals surface area contributed by atoms with Crippen molar-refractivity contribution in [1.29, 1.82) is 0 Å². The van der Waals surface area contributed by atoms with Crippen LogP contribution in [0.4, 0.5) is 0 Å². The van der Waals surface area contributed by atoms with E-state index in [1.54, 1.807) is 13.8 Å². The Balaban J connectivity index is 2.33. The Hall–Kier alpha value is -1.15. The van der Waals surface area contributed by atoms with E-state index in [9.17, 15) is 18.3 Å². The van der Waals surface area contributed by atoms with Crippen molar-refractivity contribution >= 4 is 27.5 Å². The molecule has 6 nitrogen and oxygen atoms in total. The smallest absolute Gasteiger partial charge is 0.251 e. The predicted octanol–water partition coefficient (Wildman–Crippen LogP) is 2.02. The molecule has 24 heavy (non-hydrogen) atoms. The summed E-state index contributed by atoms with van der Waals surface area (Å²) in [7, 11) is -3.73. The average molecular weight is 375 g/mol. The number of sulfonamides is 1. The second-order valence-electron chi connectivity index (χ2n) is 6.61. The molecule has 1 aliphatic rings. The van der Waals surface area contributed by atoms with Crippen LogP contribution in [0.25, 0.3) is 0 Å². The Morgan fingerprint density at radius 2 is 1.92 bits per heavy atom. The van der Waals surface area contributed by atoms with Crippen LogP contribution in [0.5, 0.6) is 0 Å². The molecule has 0 aromatic heterocycles. The van der Waals surface area contributed by atoms with E-state index < -0.39 is 21.5 Å². The predicted molar refractivity (Wildman–Crippen MR) is 92.7 cm³/mol. The minimum atomic E-state index is -3.73. The van der Waals surface area contributed by atoms with Gasteiger partial charge < -0.3 is 10.4 Å². The van der Waals surface area contributed by atoms with E-state index in [0.717, 1.165) is 19.3 Å². The first-order chi connectivity index (χ1) is 11.2. The molecule has 2 rings (SSSR count). The Morgan fingerprint density at radius 3 is 2.50 bits per heavy atom. The van der Waals surface area contributed by atoms with Crippen LogP contribution in [0.15, 0.2) is 23.1 Å². The molecule has 1 fully saturated rings. The number of hydrogen-bond acceptors (Lipinski definition) is 4. The summed E-state index contributed by atoms with van der Waals surface area (Å²) in [4.78, 5) is 12.3. The van der Waals surface area contributed by atoms with E-state index >= 15 is 0 Å². The zero-order chi connectivity index (χ0) is 18.0. The fraction of sp³-hybridized carbons (Fsp3) is 0.562. The molecule has 0 atom stereocenters. The molecule has 0 spiro atoms. The molecule has 2 N–H and O–H groups in total. The summed E-state index contributed by atoms with van der Waals surface area (Å²) in [6, 6.07) is 4.19. The molecule has 134 valence electrons. The fourth-order valence-corrected chi connectivity index (χ4v) is 4.52. The summed E-state index contributed by atoms with van der Waals surface area (Å²) in [5, 5.41) is 12.0. The zero-order valence-corrected chi connectivity index (χ0v) is 15.5. The number of hydrogen-bond donors (Lipinski definition) is 2. The zero-order valence-electron chi connectivity index (χ0n) is 13.9. The molecule has 8 heteroatoms. The van der Waals surface area contributed by atoms with Crippen molar-refractivity contribution in [2.45, 2.75) is 43.5 Å². The molecule has 1 aliphatic heterocycles. The Kier molecular flexibility index (Phi) is 5.91. The lowest BCUT2D eigenvalue weighted by molar-refractivity contribution is 0.0869. The van der Waals surface area contributed by atoms with Crippen molar-refractivity contribution in [3.63, 3.8) is 0 Å². The van der Waals surface area contributed by atoms with E-state index in [-0.39, 0.29) is 22.1 Å². The largest absolute Gasteiger partial charge is 0.394 e. The van der Waals surface area contributed by atoms with Crippen LogP contribution in [0, 0.1) is 0 Å². The molecule has 0 saturated carbocycles. The topological polar surface area (TPSA) is 86.7 Å². The lowest BCUT2D eigenvalue weighted by Crippen LogP contribution is -2.46. The highest BCUT2D eigenvalue weighted by atomic mass is 35.5. The number of piperidine rings is 1. The first-order valence-corrected chi connectivity index (χ1v) is 9.72. The summed E-state index contributed by atoms with van der Waals surface area (Å²) >= 11 is 6.09. The Bertz CT molecular complexity index is 713. The Labute approximate surface area is 147 Å². The number of aliphatic hydroxyl groups excluding tert-OH is 1. The first kappa shape index (κ1) is 19.2. The number of amides is 1. The van der Waals surface area contributed by atoms with Gasteiger partial charge in [0.25, 0.3) is 5.91 Å². The Morgan fingerprint density at radius 1 is 1.29 bits per heavy atom. The molecule has 0 aliphatic carbocycles. The summed E-state index contributed by atoms with van der Waals surface area (Å²) in [6.45, 7) is 4.04. The lowest BCUT2D eigenvalue weighted by Gasteiger charge is -2.27. The maximum Gasteiger partial charge on any atom is 0.251 e. The normalized spacial score (nSPS) is 16.8. The number of rotatable bonds is 5. The first-order valence-electron chi connectivity index (χ1n) is 7.90. The van der Waals surface area contributed by atoms with Crippen molar-refractivity contribution in [2.24, 2.45) is 0 Å². The summed E-state index contributed by atoms with van der Waals surface area (Å²) < 4.78 is 27.0. The van der Waals surface area contributed by atoms with Crippen LogP contribution in [-0.2, 0) is 10.0 Å². The molecule has 0 radical (unpaired) electrons. The molecule has 0 bridgehead atoms. The molecule has 1 saturated heterocycles. The third kappa shape index (κ3) is 4.27. The van der Waals surface area contributed by atoms with Gasteiger partial charge in [0.1, 0.15) is 4.90 Å². The van der Waals surface area contributed by atoms with Gasteiger partial charge in [0.15, 0.2) is 0 Å². The lowest BCUT2D eigenvalue weighted by atomic mass is 10.1. The van der Waals surface area contributed by atoms with Gasteiger partial charge in [-0.05, 0) is 44.9 Å². The fourth-order valence-electron chi connectivity index (χ4n) is 2.51. The molecular formula is C16H23ClN2O4S. The monoisotopic (exact) mass is 374 g/mol. The van der Waals surface area contributed by atoms with Gasteiger partial charge in [-0.25, -0.2) is 8.42 Å². The van der Waals surface area contributed by atoms with Crippen molar-refractivity contribution < 1.29 is 18.3 Å². The number of nitrogens with zero attached hydrogens (tertiary/aromatic N) is 1. The van der Waals surface area contributed by atoms with Crippen LogP contribution in [0.1, 0.15) is 43.5 Å². The van der Waals surface area contributed by atoms with E-state index in [1.807, 2.05) is 0 Å². The maximum absolute atomic E-state index is 12.8. The number of aliphatic hydroxyl groups is 1. The van der Waals surface area contributed by atoms with Crippen molar-refractivity contribution in [2.75, 3.05) is 19.7 Å². The highest BCUT2D eigenvalue weighted by Crippen LogP contribution is 2.28. The quantitative estimate of drug-likeness (QED) is 0.825. The second-order valence-corrected chi connectivity index (χ2v) is 8.92. The van der Waals surface area contributed by atoms with Gasteiger partial charge >= 0.3 is 0 Å². The summed E-state index contributed by atoms with van der Waals surface area (Å²) in [5.74, 6) is -0.458. The SMILES string of the molecule is CC(C)(CO)NC(=O)c1ccc(Cl)c(S(=O)(=O)N2CCCCC2)c1. The third-order valence-electron chi connectivity index (χ3n) is 3.97. The number of halogens is 1. The van der Waals surface area contributed by atoms with E-state index in [1.165, 1.54) is 22.5 Å². The van der Waals surface area contributed by atoms with E-state index in [0.29, 0.717) is 13.1 Å². The van der Waals surface area contributed by atoms with Crippen LogP contribution >= 0.6 is 11.6 Å². The van der Waals surface area contributed by atoms with Crippen LogP contribution in [-0.4, -0.2) is 49.0 Å². The van der Waals surface area contributed by atoms with Gasteiger partial charge in [-0.15, -0.1) is 0 Å². The van der Waals surface area contributed by atoms with Gasteiger partial charge in [0, 0.05) is 18.7 Å². The number of benzene rings is 1. The molecule has 1 aromatic rings. The minimum Gasteiger partial charge on any atom is -0.394 e. The highest BCUT2D eigenvalue weighted by Gasteiger charge is 2.29. The standard InChI is InChI=1S/C16H23ClN2O4S/c1-16(2,11-20)18-15(21)12-6-7-13(17)14(10-12)24(22,23)19-8-4-3-5-9-19/h6-7,10,20H,3-5,8-9,11H2,1-2H3,(H,18,21). The molecule has 0 unspecified atom stereocenters. The molecular weight excluding hydrogens is 352 g/mol. The molecule has 1 aromatic carbocycles. The van der Waals surface area contributed by atoms with Crippen molar-refractivity contribution in [3.8, 4) is 0 Å². The maximum atomic E-state index is 12.8. The van der Waals surface area contributed by atoms with Crippen LogP contribution < -0.4 is 5.32 Å². The van der Waals surface area contributed by atoms with Crippen molar-refractivity contribution in [3.05, 3.63) is 28.8 Å². The van der Waals surface area contributed by atoms with Gasteiger partial charge in [-0.2, -0.15) is 4.31 Å². The molecule has 1 amide bonds. The van der Waals surface area contributed by atoms with Crippen molar-refractivity contribution in [1.82, 2.24) is 9.62 Å². The van der Waals surface area contributed by atoms with Gasteiger partial charge in [0.2, 0.25) is 10.0 Å². The summed E-state index contributed by atoms with van der Waals surface area (Å²) in [6.07, 6.45) is 2.65. The summed E-state index contributed by atoms with van der Waals surface area (Å²) in [5.41, 5.74) is -0.612. The number of nitrogens with one attached hydrogen (secondary N) is 1. The van der Waals surface area contributed by atoms with E-state index in [4.69, 9.17) is 11.6 Å². The second kappa shape index (κ2) is 7.39. The van der Waals surface area contributed by atoms with Gasteiger partial charge in [0.05, 0.1) is 17.2 Å². The van der Waals surface area contributed by atoms with E-state index in [2.05, 4.69) is 5.32 Å². The minimum absolute atomic E-state index is 0.0551. The average Bonchev–Trinajstić information content (AvgIpc) is 2.55. The number of carbonyl (C=O) groups is 1. The number of carbonyl (C=O) groups excluding carboxylic acids is 1. The van der Waals surface area contributed by atoms with Crippen LogP contribution in [0.2, 0.25) is 5.02 Å². The highest BCUT2D eigenvalue weighted by molar-refractivity contribution is 7.89. The van der Waals surface area contributed by atoms with Gasteiger partial charge in [-0.3, -0.25) is 4.79 Å². The third-order valence-corrected chi connectivity index (χ3v) is 6.35.